The maximum atomic E-state index is 10.8. The van der Waals surface area contributed by atoms with Crippen molar-refractivity contribution in [3.8, 4) is 0 Å². The zero-order valence-corrected chi connectivity index (χ0v) is 10.5. The van der Waals surface area contributed by atoms with Gasteiger partial charge in [0.1, 0.15) is 0 Å². The van der Waals surface area contributed by atoms with Gasteiger partial charge in [-0.2, -0.15) is 0 Å². The van der Waals surface area contributed by atoms with E-state index < -0.39 is 5.97 Å². The van der Waals surface area contributed by atoms with Crippen molar-refractivity contribution in [3.63, 3.8) is 0 Å². The second kappa shape index (κ2) is 5.54. The van der Waals surface area contributed by atoms with Crippen LogP contribution in [0.15, 0.2) is 24.3 Å². The Morgan fingerprint density at radius 1 is 1.29 bits per heavy atom. The Kier molecular flexibility index (Phi) is 4.06. The quantitative estimate of drug-likeness (QED) is 0.886. The van der Waals surface area contributed by atoms with Crippen molar-refractivity contribution in [2.24, 2.45) is 11.8 Å². The van der Waals surface area contributed by atoms with Gasteiger partial charge in [-0.05, 0) is 42.7 Å². The number of carboxylic acid groups (broad SMARTS) is 1. The average Bonchev–Trinajstić information content (AvgIpc) is 2.68. The summed E-state index contributed by atoms with van der Waals surface area (Å²) in [7, 11) is 0. The summed E-state index contributed by atoms with van der Waals surface area (Å²) in [5, 5.41) is 9.69. The van der Waals surface area contributed by atoms with Crippen molar-refractivity contribution >= 4 is 17.6 Å². The first-order valence-corrected chi connectivity index (χ1v) is 6.50. The van der Waals surface area contributed by atoms with Crippen LogP contribution in [0.4, 0.5) is 0 Å². The number of hydrogen-bond acceptors (Lipinski definition) is 1. The van der Waals surface area contributed by atoms with Crippen molar-refractivity contribution in [2.45, 2.75) is 32.1 Å². The molecule has 1 aliphatic rings. The first-order valence-electron chi connectivity index (χ1n) is 6.12. The van der Waals surface area contributed by atoms with E-state index in [1.54, 1.807) is 0 Å². The second-order valence-electron chi connectivity index (χ2n) is 4.84. The minimum Gasteiger partial charge on any atom is -0.481 e. The molecule has 2 atom stereocenters. The van der Waals surface area contributed by atoms with E-state index in [9.17, 15) is 4.79 Å². The Hall–Kier alpha value is -1.02. The summed E-state index contributed by atoms with van der Waals surface area (Å²) in [5.41, 5.74) is 1.15. The number of rotatable bonds is 4. The van der Waals surface area contributed by atoms with Gasteiger partial charge in [-0.1, -0.05) is 36.2 Å². The lowest BCUT2D eigenvalue weighted by atomic mass is 9.87. The Labute approximate surface area is 107 Å². The molecule has 2 unspecified atom stereocenters. The van der Waals surface area contributed by atoms with E-state index in [1.807, 2.05) is 24.3 Å². The lowest BCUT2D eigenvalue weighted by Gasteiger charge is -2.18. The molecular weight excluding hydrogens is 236 g/mol. The van der Waals surface area contributed by atoms with Crippen LogP contribution in [-0.2, 0) is 11.2 Å². The first kappa shape index (κ1) is 12.4. The van der Waals surface area contributed by atoms with Gasteiger partial charge in [-0.25, -0.2) is 0 Å². The fourth-order valence-electron chi connectivity index (χ4n) is 2.82. The molecule has 1 aromatic rings. The summed E-state index contributed by atoms with van der Waals surface area (Å²) in [4.78, 5) is 10.8. The lowest BCUT2D eigenvalue weighted by molar-refractivity contribution is -0.138. The molecule has 1 aromatic carbocycles. The molecule has 0 amide bonds. The minimum absolute atomic E-state index is 0.301. The highest BCUT2D eigenvalue weighted by Gasteiger charge is 2.29. The molecule has 0 bridgehead atoms. The van der Waals surface area contributed by atoms with Crippen molar-refractivity contribution in [3.05, 3.63) is 34.9 Å². The minimum atomic E-state index is -0.680. The molecule has 0 spiro atoms. The lowest BCUT2D eigenvalue weighted by Crippen LogP contribution is -2.15. The van der Waals surface area contributed by atoms with Gasteiger partial charge < -0.3 is 5.11 Å². The standard InChI is InChI=1S/C14H17ClO2/c15-13-7-2-1-4-12(13)8-10-5-3-6-11(10)9-14(16)17/h1-2,4,7,10-11H,3,5-6,8-9H2,(H,16,17). The number of carbonyl (C=O) groups is 1. The van der Waals surface area contributed by atoms with Crippen molar-refractivity contribution in [1.29, 1.82) is 0 Å². The van der Waals surface area contributed by atoms with Crippen LogP contribution in [0.3, 0.4) is 0 Å². The van der Waals surface area contributed by atoms with E-state index >= 15 is 0 Å². The van der Waals surface area contributed by atoms with Crippen LogP contribution >= 0.6 is 11.6 Å². The SMILES string of the molecule is O=C(O)CC1CCCC1Cc1ccccc1Cl. The van der Waals surface area contributed by atoms with Gasteiger partial charge in [0.15, 0.2) is 0 Å². The smallest absolute Gasteiger partial charge is 0.303 e. The van der Waals surface area contributed by atoms with Crippen LogP contribution in [0.1, 0.15) is 31.2 Å². The largest absolute Gasteiger partial charge is 0.481 e. The monoisotopic (exact) mass is 252 g/mol. The van der Waals surface area contributed by atoms with E-state index in [0.29, 0.717) is 18.3 Å². The van der Waals surface area contributed by atoms with Crippen LogP contribution in [0.2, 0.25) is 5.02 Å². The third-order valence-corrected chi connectivity index (χ3v) is 4.06. The second-order valence-corrected chi connectivity index (χ2v) is 5.25. The highest BCUT2D eigenvalue weighted by molar-refractivity contribution is 6.31. The molecule has 2 rings (SSSR count). The fraction of sp³-hybridized carbons (Fsp3) is 0.500. The molecule has 1 fully saturated rings. The summed E-state index contributed by atoms with van der Waals surface area (Å²) in [6, 6.07) is 7.86. The van der Waals surface area contributed by atoms with Gasteiger partial charge in [0.25, 0.3) is 0 Å². The van der Waals surface area contributed by atoms with Crippen molar-refractivity contribution < 1.29 is 9.90 Å². The molecule has 92 valence electrons. The van der Waals surface area contributed by atoms with E-state index in [2.05, 4.69) is 0 Å². The molecule has 0 aliphatic heterocycles. The number of hydrogen-bond donors (Lipinski definition) is 1. The van der Waals surface area contributed by atoms with Crippen LogP contribution < -0.4 is 0 Å². The van der Waals surface area contributed by atoms with Gasteiger partial charge in [-0.15, -0.1) is 0 Å². The molecule has 0 aromatic heterocycles. The van der Waals surface area contributed by atoms with E-state index in [0.717, 1.165) is 36.3 Å². The van der Waals surface area contributed by atoms with Gasteiger partial charge >= 0.3 is 5.97 Å². The third kappa shape index (κ3) is 3.22. The summed E-state index contributed by atoms with van der Waals surface area (Å²) in [5.74, 6) is 0.121. The first-order chi connectivity index (χ1) is 8.16. The summed E-state index contributed by atoms with van der Waals surface area (Å²) < 4.78 is 0. The van der Waals surface area contributed by atoms with Gasteiger partial charge in [0, 0.05) is 11.4 Å². The Balaban J connectivity index is 2.03. The summed E-state index contributed by atoms with van der Waals surface area (Å²) in [6.45, 7) is 0. The number of benzene rings is 1. The Morgan fingerprint density at radius 3 is 2.71 bits per heavy atom. The maximum Gasteiger partial charge on any atom is 0.303 e. The van der Waals surface area contributed by atoms with Crippen molar-refractivity contribution in [1.82, 2.24) is 0 Å². The molecule has 1 aliphatic carbocycles. The number of halogens is 1. The van der Waals surface area contributed by atoms with Crippen LogP contribution in [0, 0.1) is 11.8 Å². The third-order valence-electron chi connectivity index (χ3n) is 3.69. The highest BCUT2D eigenvalue weighted by Crippen LogP contribution is 2.37. The van der Waals surface area contributed by atoms with Gasteiger partial charge in [0.05, 0.1) is 0 Å². The normalized spacial score (nSPS) is 23.8. The zero-order valence-electron chi connectivity index (χ0n) is 9.73. The zero-order chi connectivity index (χ0) is 12.3. The Morgan fingerprint density at radius 2 is 2.00 bits per heavy atom. The van der Waals surface area contributed by atoms with Crippen molar-refractivity contribution in [2.75, 3.05) is 0 Å². The van der Waals surface area contributed by atoms with E-state index in [1.165, 1.54) is 0 Å². The van der Waals surface area contributed by atoms with Crippen LogP contribution in [0.5, 0.6) is 0 Å². The van der Waals surface area contributed by atoms with Crippen LogP contribution in [0.25, 0.3) is 0 Å². The molecule has 0 radical (unpaired) electrons. The Bertz CT molecular complexity index is 403. The molecule has 0 saturated heterocycles. The predicted octanol–water partition coefficient (Wildman–Crippen LogP) is 3.77. The average molecular weight is 253 g/mol. The van der Waals surface area contributed by atoms with Gasteiger partial charge in [0.2, 0.25) is 0 Å². The number of aliphatic carboxylic acids is 1. The van der Waals surface area contributed by atoms with E-state index in [4.69, 9.17) is 16.7 Å². The topological polar surface area (TPSA) is 37.3 Å². The van der Waals surface area contributed by atoms with E-state index in [-0.39, 0.29) is 0 Å². The maximum absolute atomic E-state index is 10.8. The number of carboxylic acids is 1. The summed E-state index contributed by atoms with van der Waals surface area (Å²) >= 11 is 6.14. The van der Waals surface area contributed by atoms with Crippen LogP contribution in [-0.4, -0.2) is 11.1 Å². The molecular formula is C14H17ClO2. The molecule has 0 heterocycles. The molecule has 2 nitrogen and oxygen atoms in total. The fourth-order valence-corrected chi connectivity index (χ4v) is 3.03. The molecule has 1 N–H and O–H groups in total. The molecule has 3 heteroatoms. The highest BCUT2D eigenvalue weighted by atomic mass is 35.5. The summed E-state index contributed by atoms with van der Waals surface area (Å²) in [6.07, 6.45) is 4.53. The molecule has 17 heavy (non-hydrogen) atoms. The predicted molar refractivity (Wildman–Crippen MR) is 68.2 cm³/mol. The molecule has 1 saturated carbocycles. The van der Waals surface area contributed by atoms with Gasteiger partial charge in [-0.3, -0.25) is 4.79 Å².